The third kappa shape index (κ3) is 1.83. The van der Waals surface area contributed by atoms with Crippen molar-refractivity contribution in [3.05, 3.63) is 29.8 Å². The first kappa shape index (κ1) is 9.34. The molecule has 1 heterocycles. The zero-order valence-electron chi connectivity index (χ0n) is 8.25. The van der Waals surface area contributed by atoms with Crippen molar-refractivity contribution in [2.75, 3.05) is 0 Å². The second kappa shape index (κ2) is 3.88. The molecule has 0 spiro atoms. The van der Waals surface area contributed by atoms with Crippen LogP contribution in [0, 0.1) is 18.3 Å². The number of hydrogen-bond donors (Lipinski definition) is 0. The number of aryl methyl sites for hydroxylation is 1. The molecular weight excluding hydrogens is 190 g/mol. The van der Waals surface area contributed by atoms with E-state index >= 15 is 0 Å². The highest BCUT2D eigenvalue weighted by Crippen LogP contribution is 2.16. The van der Waals surface area contributed by atoms with E-state index in [9.17, 15) is 0 Å². The number of rotatable bonds is 2. The van der Waals surface area contributed by atoms with E-state index in [0.717, 1.165) is 11.1 Å². The van der Waals surface area contributed by atoms with Crippen LogP contribution < -0.4 is 0 Å². The summed E-state index contributed by atoms with van der Waals surface area (Å²) in [5.74, 6) is 0.625. The first-order chi connectivity index (χ1) is 7.31. The summed E-state index contributed by atoms with van der Waals surface area (Å²) in [5, 5.41) is 19.8. The molecule has 0 N–H and O–H groups in total. The number of tetrazole rings is 1. The lowest BCUT2D eigenvalue weighted by atomic mass is 10.1. The normalized spacial score (nSPS) is 9.87. The summed E-state index contributed by atoms with van der Waals surface area (Å²) in [6.45, 7) is 2.16. The van der Waals surface area contributed by atoms with Gasteiger partial charge in [0.15, 0.2) is 5.82 Å². The molecule has 0 saturated carbocycles. The molecule has 0 saturated heterocycles. The lowest BCUT2D eigenvalue weighted by Gasteiger charge is -2.00. The van der Waals surface area contributed by atoms with E-state index in [1.165, 1.54) is 4.68 Å². The highest BCUT2D eigenvalue weighted by Gasteiger charge is 2.07. The fourth-order valence-electron chi connectivity index (χ4n) is 1.37. The van der Waals surface area contributed by atoms with Gasteiger partial charge in [0, 0.05) is 5.56 Å². The molecule has 2 rings (SSSR count). The van der Waals surface area contributed by atoms with E-state index < -0.39 is 0 Å². The van der Waals surface area contributed by atoms with Crippen LogP contribution in [0.5, 0.6) is 0 Å². The Bertz CT molecular complexity index is 509. The maximum absolute atomic E-state index is 8.60. The SMILES string of the molecule is Cc1cccc(-c2nnnn2CC#N)c1. The third-order valence-electron chi connectivity index (χ3n) is 2.03. The number of nitrogens with zero attached hydrogens (tertiary/aromatic N) is 5. The fraction of sp³-hybridized carbons (Fsp3) is 0.200. The second-order valence-corrected chi connectivity index (χ2v) is 3.19. The van der Waals surface area contributed by atoms with E-state index in [1.807, 2.05) is 37.3 Å². The second-order valence-electron chi connectivity index (χ2n) is 3.19. The van der Waals surface area contributed by atoms with Gasteiger partial charge in [-0.3, -0.25) is 0 Å². The van der Waals surface area contributed by atoms with E-state index in [0.29, 0.717) is 5.82 Å². The molecule has 2 aromatic rings. The summed E-state index contributed by atoms with van der Waals surface area (Å²) in [7, 11) is 0. The van der Waals surface area contributed by atoms with Crippen LogP contribution in [0.3, 0.4) is 0 Å². The summed E-state index contributed by atoms with van der Waals surface area (Å²) in [5.41, 5.74) is 2.06. The third-order valence-corrected chi connectivity index (χ3v) is 2.03. The van der Waals surface area contributed by atoms with Crippen molar-refractivity contribution in [1.29, 1.82) is 5.26 Å². The van der Waals surface area contributed by atoms with E-state index in [1.54, 1.807) is 0 Å². The van der Waals surface area contributed by atoms with Gasteiger partial charge in [-0.15, -0.1) is 5.10 Å². The quantitative estimate of drug-likeness (QED) is 0.728. The largest absolute Gasteiger partial charge is 0.211 e. The van der Waals surface area contributed by atoms with E-state index in [4.69, 9.17) is 5.26 Å². The van der Waals surface area contributed by atoms with Gasteiger partial charge in [-0.1, -0.05) is 23.8 Å². The van der Waals surface area contributed by atoms with Crippen LogP contribution in [-0.4, -0.2) is 20.2 Å². The van der Waals surface area contributed by atoms with Gasteiger partial charge < -0.3 is 0 Å². The zero-order chi connectivity index (χ0) is 10.7. The predicted octanol–water partition coefficient (Wildman–Crippen LogP) is 1.17. The van der Waals surface area contributed by atoms with Gasteiger partial charge >= 0.3 is 0 Å². The van der Waals surface area contributed by atoms with Gasteiger partial charge in [0.05, 0.1) is 6.07 Å². The van der Waals surface area contributed by atoms with E-state index in [2.05, 4.69) is 15.5 Å². The Kier molecular flexibility index (Phi) is 2.42. The number of hydrogen-bond acceptors (Lipinski definition) is 4. The van der Waals surface area contributed by atoms with Crippen LogP contribution in [0.15, 0.2) is 24.3 Å². The molecular formula is C10H9N5. The van der Waals surface area contributed by atoms with Crippen molar-refractivity contribution in [3.63, 3.8) is 0 Å². The van der Waals surface area contributed by atoms with Gasteiger partial charge in [-0.2, -0.15) is 5.26 Å². The average Bonchev–Trinajstić information content (AvgIpc) is 2.66. The molecule has 15 heavy (non-hydrogen) atoms. The molecule has 0 fully saturated rings. The molecule has 0 amide bonds. The molecule has 0 unspecified atom stereocenters. The standard InChI is InChI=1S/C10H9N5/c1-8-3-2-4-9(7-8)10-12-13-14-15(10)6-5-11/h2-4,7H,6H2,1H3. The van der Waals surface area contributed by atoms with Gasteiger partial charge in [0.25, 0.3) is 0 Å². The molecule has 5 heteroatoms. The lowest BCUT2D eigenvalue weighted by molar-refractivity contribution is 0.671. The maximum Gasteiger partial charge on any atom is 0.183 e. The first-order valence-electron chi connectivity index (χ1n) is 4.51. The number of nitriles is 1. The van der Waals surface area contributed by atoms with Crippen molar-refractivity contribution in [3.8, 4) is 17.5 Å². The Morgan fingerprint density at radius 3 is 3.07 bits per heavy atom. The minimum absolute atomic E-state index is 0.163. The summed E-state index contributed by atoms with van der Waals surface area (Å²) in [4.78, 5) is 0. The Morgan fingerprint density at radius 1 is 1.47 bits per heavy atom. The van der Waals surface area contributed by atoms with Crippen molar-refractivity contribution in [2.24, 2.45) is 0 Å². The highest BCUT2D eigenvalue weighted by atomic mass is 15.5. The summed E-state index contributed by atoms with van der Waals surface area (Å²) in [6, 6.07) is 9.87. The summed E-state index contributed by atoms with van der Waals surface area (Å²) < 4.78 is 1.48. The smallest absolute Gasteiger partial charge is 0.183 e. The molecule has 0 radical (unpaired) electrons. The minimum atomic E-state index is 0.163. The molecule has 0 atom stereocenters. The zero-order valence-corrected chi connectivity index (χ0v) is 8.25. The Hall–Kier alpha value is -2.22. The van der Waals surface area contributed by atoms with Crippen molar-refractivity contribution < 1.29 is 0 Å². The topological polar surface area (TPSA) is 67.4 Å². The van der Waals surface area contributed by atoms with Crippen molar-refractivity contribution >= 4 is 0 Å². The fourth-order valence-corrected chi connectivity index (χ4v) is 1.37. The average molecular weight is 199 g/mol. The lowest BCUT2D eigenvalue weighted by Crippen LogP contribution is -2.01. The Labute approximate surface area is 87.0 Å². The van der Waals surface area contributed by atoms with Crippen molar-refractivity contribution in [2.45, 2.75) is 13.5 Å². The van der Waals surface area contributed by atoms with Crippen LogP contribution in [0.1, 0.15) is 5.56 Å². The molecule has 0 aliphatic heterocycles. The van der Waals surface area contributed by atoms with Crippen LogP contribution in [0.25, 0.3) is 11.4 Å². The van der Waals surface area contributed by atoms with Crippen molar-refractivity contribution in [1.82, 2.24) is 20.2 Å². The molecule has 74 valence electrons. The number of benzene rings is 1. The van der Waals surface area contributed by atoms with Gasteiger partial charge in [-0.25, -0.2) is 4.68 Å². The molecule has 0 bridgehead atoms. The Morgan fingerprint density at radius 2 is 2.33 bits per heavy atom. The molecule has 1 aromatic carbocycles. The Balaban J connectivity index is 2.45. The molecule has 0 aliphatic rings. The monoisotopic (exact) mass is 199 g/mol. The van der Waals surface area contributed by atoms with Crippen LogP contribution in [-0.2, 0) is 6.54 Å². The predicted molar refractivity (Wildman–Crippen MR) is 53.6 cm³/mol. The summed E-state index contributed by atoms with van der Waals surface area (Å²) in [6.07, 6.45) is 0. The van der Waals surface area contributed by atoms with Crippen LogP contribution in [0.4, 0.5) is 0 Å². The molecule has 5 nitrogen and oxygen atoms in total. The van der Waals surface area contributed by atoms with Crippen LogP contribution in [0.2, 0.25) is 0 Å². The molecule has 1 aromatic heterocycles. The highest BCUT2D eigenvalue weighted by molar-refractivity contribution is 5.55. The minimum Gasteiger partial charge on any atom is -0.211 e. The van der Waals surface area contributed by atoms with E-state index in [-0.39, 0.29) is 6.54 Å². The summed E-state index contributed by atoms with van der Waals surface area (Å²) >= 11 is 0. The molecule has 0 aliphatic carbocycles. The van der Waals surface area contributed by atoms with Crippen LogP contribution >= 0.6 is 0 Å². The van der Waals surface area contributed by atoms with Gasteiger partial charge in [0.1, 0.15) is 6.54 Å². The maximum atomic E-state index is 8.60. The number of aromatic nitrogens is 4. The van der Waals surface area contributed by atoms with Gasteiger partial charge in [-0.05, 0) is 23.4 Å². The van der Waals surface area contributed by atoms with Gasteiger partial charge in [0.2, 0.25) is 0 Å². The first-order valence-corrected chi connectivity index (χ1v) is 4.51.